The average molecular weight is 228 g/mol. The summed E-state index contributed by atoms with van der Waals surface area (Å²) in [5, 5.41) is 0. The summed E-state index contributed by atoms with van der Waals surface area (Å²) >= 11 is 0. The SMILES string of the molecule is O=C1OC2=C(c3ccccc3)CCC[C@@H]2C1=O. The molecule has 0 unspecified atom stereocenters. The number of fused-ring (bicyclic) bond motifs is 1. The third-order valence-electron chi connectivity index (χ3n) is 3.38. The van der Waals surface area contributed by atoms with Crippen LogP contribution in [0.5, 0.6) is 0 Å². The van der Waals surface area contributed by atoms with E-state index >= 15 is 0 Å². The molecule has 3 rings (SSSR count). The Morgan fingerprint density at radius 2 is 1.88 bits per heavy atom. The first-order valence-electron chi connectivity index (χ1n) is 5.82. The van der Waals surface area contributed by atoms with E-state index < -0.39 is 5.97 Å². The highest BCUT2D eigenvalue weighted by molar-refractivity contribution is 6.37. The molecule has 0 N–H and O–H groups in total. The lowest BCUT2D eigenvalue weighted by atomic mass is 9.84. The summed E-state index contributed by atoms with van der Waals surface area (Å²) in [5.41, 5.74) is 2.07. The summed E-state index contributed by atoms with van der Waals surface area (Å²) in [6.45, 7) is 0. The molecule has 0 bridgehead atoms. The molecular weight excluding hydrogens is 216 g/mol. The zero-order valence-corrected chi connectivity index (χ0v) is 9.31. The predicted octanol–water partition coefficient (Wildman–Crippen LogP) is 2.32. The maximum Gasteiger partial charge on any atom is 0.380 e. The number of carbonyl (C=O) groups excluding carboxylic acids is 2. The predicted molar refractivity (Wildman–Crippen MR) is 61.8 cm³/mol. The van der Waals surface area contributed by atoms with Crippen molar-refractivity contribution < 1.29 is 14.3 Å². The van der Waals surface area contributed by atoms with Crippen LogP contribution < -0.4 is 0 Å². The van der Waals surface area contributed by atoms with Crippen molar-refractivity contribution in [2.24, 2.45) is 5.92 Å². The Kier molecular flexibility index (Phi) is 2.32. The van der Waals surface area contributed by atoms with Crippen molar-refractivity contribution >= 4 is 17.3 Å². The van der Waals surface area contributed by atoms with Gasteiger partial charge in [-0.15, -0.1) is 0 Å². The van der Waals surface area contributed by atoms with Gasteiger partial charge in [-0.3, -0.25) is 4.79 Å². The molecule has 1 heterocycles. The zero-order chi connectivity index (χ0) is 11.8. The van der Waals surface area contributed by atoms with Gasteiger partial charge in [0.2, 0.25) is 0 Å². The molecule has 1 aromatic rings. The highest BCUT2D eigenvalue weighted by Crippen LogP contribution is 2.40. The Labute approximate surface area is 99.1 Å². The number of ether oxygens (including phenoxy) is 1. The molecule has 0 radical (unpaired) electrons. The van der Waals surface area contributed by atoms with Crippen LogP contribution >= 0.6 is 0 Å². The summed E-state index contributed by atoms with van der Waals surface area (Å²) in [6.07, 6.45) is 2.54. The number of Topliss-reactive ketones (excluding diaryl/α,β-unsaturated/α-hetero) is 1. The van der Waals surface area contributed by atoms with Gasteiger partial charge in [-0.1, -0.05) is 30.3 Å². The van der Waals surface area contributed by atoms with Gasteiger partial charge < -0.3 is 4.74 Å². The van der Waals surface area contributed by atoms with E-state index in [0.717, 1.165) is 30.4 Å². The number of rotatable bonds is 1. The van der Waals surface area contributed by atoms with Gasteiger partial charge in [-0.25, -0.2) is 4.79 Å². The lowest BCUT2D eigenvalue weighted by molar-refractivity contribution is -0.146. The molecular formula is C14H12O3. The second-order valence-electron chi connectivity index (χ2n) is 4.41. The molecule has 1 fully saturated rings. The largest absolute Gasteiger partial charge is 0.424 e. The van der Waals surface area contributed by atoms with Gasteiger partial charge in [0.25, 0.3) is 5.78 Å². The van der Waals surface area contributed by atoms with E-state index in [1.54, 1.807) is 0 Å². The molecule has 1 aliphatic carbocycles. The lowest BCUT2D eigenvalue weighted by Gasteiger charge is -2.19. The second-order valence-corrected chi connectivity index (χ2v) is 4.41. The van der Waals surface area contributed by atoms with Gasteiger partial charge in [0, 0.05) is 0 Å². The second kappa shape index (κ2) is 3.84. The number of hydrogen-bond acceptors (Lipinski definition) is 3. The Morgan fingerprint density at radius 1 is 1.12 bits per heavy atom. The summed E-state index contributed by atoms with van der Waals surface area (Å²) in [4.78, 5) is 22.9. The van der Waals surface area contributed by atoms with E-state index in [2.05, 4.69) is 0 Å². The quantitative estimate of drug-likeness (QED) is 0.547. The van der Waals surface area contributed by atoms with Crippen molar-refractivity contribution in [3.8, 4) is 0 Å². The molecule has 3 heteroatoms. The molecule has 17 heavy (non-hydrogen) atoms. The van der Waals surface area contributed by atoms with E-state index in [1.165, 1.54) is 0 Å². The van der Waals surface area contributed by atoms with Crippen molar-refractivity contribution in [1.29, 1.82) is 0 Å². The van der Waals surface area contributed by atoms with Crippen LogP contribution in [0.25, 0.3) is 5.57 Å². The maximum atomic E-state index is 11.6. The number of hydrogen-bond donors (Lipinski definition) is 0. The van der Waals surface area contributed by atoms with Crippen molar-refractivity contribution in [3.05, 3.63) is 41.7 Å². The van der Waals surface area contributed by atoms with Crippen LogP contribution in [0.15, 0.2) is 36.1 Å². The molecule has 0 saturated carbocycles. The third kappa shape index (κ3) is 1.58. The van der Waals surface area contributed by atoms with Gasteiger partial charge >= 0.3 is 5.97 Å². The minimum absolute atomic E-state index is 0.327. The first-order valence-corrected chi connectivity index (χ1v) is 5.82. The molecule has 0 aromatic heterocycles. The van der Waals surface area contributed by atoms with E-state index in [1.807, 2.05) is 30.3 Å². The zero-order valence-electron chi connectivity index (χ0n) is 9.31. The first-order chi connectivity index (χ1) is 8.27. The topological polar surface area (TPSA) is 43.4 Å². The molecule has 1 atom stereocenters. The Balaban J connectivity index is 2.10. The summed E-state index contributed by atoms with van der Waals surface area (Å²) < 4.78 is 5.14. The highest BCUT2D eigenvalue weighted by Gasteiger charge is 2.42. The summed E-state index contributed by atoms with van der Waals surface area (Å²) in [7, 11) is 0. The van der Waals surface area contributed by atoms with E-state index in [-0.39, 0.29) is 11.7 Å². The normalized spacial score (nSPS) is 23.6. The minimum Gasteiger partial charge on any atom is -0.424 e. The van der Waals surface area contributed by atoms with Crippen molar-refractivity contribution in [2.75, 3.05) is 0 Å². The molecule has 2 aliphatic rings. The van der Waals surface area contributed by atoms with E-state index in [9.17, 15) is 9.59 Å². The van der Waals surface area contributed by atoms with Crippen LogP contribution in [0.4, 0.5) is 0 Å². The van der Waals surface area contributed by atoms with Gasteiger partial charge in [0.1, 0.15) is 5.76 Å². The number of esters is 1. The van der Waals surface area contributed by atoms with Crippen LogP contribution in [0.2, 0.25) is 0 Å². The Bertz CT molecular complexity index is 514. The highest BCUT2D eigenvalue weighted by atomic mass is 16.6. The average Bonchev–Trinajstić information content (AvgIpc) is 2.67. The maximum absolute atomic E-state index is 11.6. The Hall–Kier alpha value is -1.90. The molecule has 86 valence electrons. The summed E-state index contributed by atoms with van der Waals surface area (Å²) in [5.74, 6) is -0.808. The molecule has 1 aliphatic heterocycles. The molecule has 3 nitrogen and oxygen atoms in total. The molecule has 1 aromatic carbocycles. The van der Waals surface area contributed by atoms with E-state index in [4.69, 9.17) is 4.74 Å². The van der Waals surface area contributed by atoms with Gasteiger partial charge in [0.15, 0.2) is 0 Å². The smallest absolute Gasteiger partial charge is 0.380 e. The Morgan fingerprint density at radius 3 is 2.65 bits per heavy atom. The van der Waals surface area contributed by atoms with Crippen LogP contribution in [0.1, 0.15) is 24.8 Å². The minimum atomic E-state index is -0.694. The van der Waals surface area contributed by atoms with Crippen molar-refractivity contribution in [2.45, 2.75) is 19.3 Å². The van der Waals surface area contributed by atoms with Gasteiger partial charge in [-0.2, -0.15) is 0 Å². The van der Waals surface area contributed by atoms with Crippen LogP contribution in [-0.4, -0.2) is 11.8 Å². The van der Waals surface area contributed by atoms with Gasteiger partial charge in [-0.05, 0) is 30.4 Å². The van der Waals surface area contributed by atoms with Crippen LogP contribution in [0, 0.1) is 5.92 Å². The molecule has 0 spiro atoms. The van der Waals surface area contributed by atoms with Crippen LogP contribution in [0.3, 0.4) is 0 Å². The van der Waals surface area contributed by atoms with Crippen LogP contribution in [-0.2, 0) is 14.3 Å². The summed E-state index contributed by atoms with van der Waals surface area (Å²) in [6, 6.07) is 9.82. The standard InChI is InChI=1S/C14H12O3/c15-12-11-8-4-7-10(13(11)17-14(12)16)9-5-2-1-3-6-9/h1-3,5-6,11H,4,7-8H2/t11-/m1/s1. The van der Waals surface area contributed by atoms with E-state index in [0.29, 0.717) is 5.76 Å². The fraction of sp³-hybridized carbons (Fsp3) is 0.286. The number of allylic oxidation sites excluding steroid dienone is 2. The fourth-order valence-electron chi connectivity index (χ4n) is 2.55. The molecule has 0 amide bonds. The van der Waals surface area contributed by atoms with Crippen molar-refractivity contribution in [1.82, 2.24) is 0 Å². The van der Waals surface area contributed by atoms with Crippen molar-refractivity contribution in [3.63, 3.8) is 0 Å². The number of benzene rings is 1. The first kappa shape index (κ1) is 10.3. The lowest BCUT2D eigenvalue weighted by Crippen LogP contribution is -2.16. The number of carbonyl (C=O) groups is 2. The third-order valence-corrected chi connectivity index (χ3v) is 3.38. The monoisotopic (exact) mass is 228 g/mol. The van der Waals surface area contributed by atoms with Gasteiger partial charge in [0.05, 0.1) is 5.92 Å². The number of ketones is 1. The molecule has 1 saturated heterocycles. The fourth-order valence-corrected chi connectivity index (χ4v) is 2.55.